The molecule has 0 spiro atoms. The third-order valence-corrected chi connectivity index (χ3v) is 8.61. The first kappa shape index (κ1) is 15.4. The first-order valence-corrected chi connectivity index (χ1v) is 9.29. The van der Waals surface area contributed by atoms with Crippen molar-refractivity contribution in [2.75, 3.05) is 7.11 Å². The molecule has 0 heterocycles. The molecule has 0 N–H and O–H groups in total. The van der Waals surface area contributed by atoms with E-state index >= 15 is 0 Å². The number of hydrogen-bond acceptors (Lipinski definition) is 4. The second-order valence-electron chi connectivity index (χ2n) is 6.42. The number of carbonyl (C=O) groups is 2. The molecule has 0 aromatic rings. The van der Waals surface area contributed by atoms with E-state index in [-0.39, 0.29) is 16.9 Å². The highest BCUT2D eigenvalue weighted by molar-refractivity contribution is 6.74. The average molecular weight is 272 g/mol. The van der Waals surface area contributed by atoms with E-state index in [0.29, 0.717) is 12.8 Å². The molecule has 2 unspecified atom stereocenters. The van der Waals surface area contributed by atoms with Gasteiger partial charge in [-0.2, -0.15) is 0 Å². The van der Waals surface area contributed by atoms with Crippen molar-refractivity contribution in [3.05, 3.63) is 0 Å². The lowest BCUT2D eigenvalue weighted by atomic mass is 10.1. The maximum absolute atomic E-state index is 11.8. The summed E-state index contributed by atoms with van der Waals surface area (Å²) in [5.41, 5.74) is 0. The Balaban J connectivity index is 2.84. The van der Waals surface area contributed by atoms with E-state index in [2.05, 4.69) is 33.9 Å². The molecule has 4 nitrogen and oxygen atoms in total. The Morgan fingerprint density at radius 1 is 1.33 bits per heavy atom. The summed E-state index contributed by atoms with van der Waals surface area (Å²) < 4.78 is 10.9. The van der Waals surface area contributed by atoms with E-state index in [1.807, 2.05) is 0 Å². The molecule has 1 aliphatic carbocycles. The van der Waals surface area contributed by atoms with Crippen molar-refractivity contribution in [2.45, 2.75) is 57.8 Å². The minimum Gasteiger partial charge on any atom is -0.468 e. The topological polar surface area (TPSA) is 52.6 Å². The smallest absolute Gasteiger partial charge is 0.318 e. The van der Waals surface area contributed by atoms with Gasteiger partial charge in [-0.15, -0.1) is 0 Å². The number of Topliss-reactive ketones (excluding diaryl/α,β-unsaturated/α-hetero) is 1. The van der Waals surface area contributed by atoms with E-state index in [1.54, 1.807) is 0 Å². The number of carbonyl (C=O) groups excluding carboxylic acids is 2. The van der Waals surface area contributed by atoms with Gasteiger partial charge in [0, 0.05) is 6.42 Å². The van der Waals surface area contributed by atoms with Crippen molar-refractivity contribution in [2.24, 2.45) is 5.92 Å². The van der Waals surface area contributed by atoms with Gasteiger partial charge in [0.05, 0.1) is 13.2 Å². The van der Waals surface area contributed by atoms with Crippen molar-refractivity contribution < 1.29 is 18.8 Å². The first-order valence-electron chi connectivity index (χ1n) is 6.38. The zero-order valence-electron chi connectivity index (χ0n) is 12.2. The standard InChI is InChI=1S/C13H24O4Si/c1-13(2,3)18(5,6)17-10-8-7-9(14)11(10)12(15)16-4/h10-11H,7-8H2,1-6H3. The van der Waals surface area contributed by atoms with Crippen molar-refractivity contribution >= 4 is 20.1 Å². The SMILES string of the molecule is COC(=O)C1C(=O)CCC1O[Si](C)(C)C(C)(C)C. The van der Waals surface area contributed by atoms with Crippen LogP contribution in [0, 0.1) is 5.92 Å². The van der Waals surface area contributed by atoms with Gasteiger partial charge in [0.1, 0.15) is 11.7 Å². The lowest BCUT2D eigenvalue weighted by Crippen LogP contribution is -2.46. The Hall–Kier alpha value is -0.683. The maximum atomic E-state index is 11.8. The third kappa shape index (κ3) is 3.01. The van der Waals surface area contributed by atoms with Crippen LogP contribution in [0.3, 0.4) is 0 Å². The molecule has 0 aromatic heterocycles. The van der Waals surface area contributed by atoms with Gasteiger partial charge in [0.25, 0.3) is 0 Å². The molecule has 0 bridgehead atoms. The van der Waals surface area contributed by atoms with Crippen LogP contribution in [0.2, 0.25) is 18.1 Å². The average Bonchev–Trinajstić information content (AvgIpc) is 2.56. The van der Waals surface area contributed by atoms with Gasteiger partial charge in [-0.1, -0.05) is 20.8 Å². The van der Waals surface area contributed by atoms with E-state index in [9.17, 15) is 9.59 Å². The predicted octanol–water partition coefficient (Wildman–Crippen LogP) is 2.53. The molecule has 0 radical (unpaired) electrons. The van der Waals surface area contributed by atoms with Crippen LogP contribution in [0.25, 0.3) is 0 Å². The summed E-state index contributed by atoms with van der Waals surface area (Å²) >= 11 is 0. The van der Waals surface area contributed by atoms with Gasteiger partial charge in [0.2, 0.25) is 0 Å². The predicted molar refractivity (Wildman–Crippen MR) is 71.8 cm³/mol. The van der Waals surface area contributed by atoms with Crippen LogP contribution in [-0.4, -0.2) is 33.3 Å². The summed E-state index contributed by atoms with van der Waals surface area (Å²) in [4.78, 5) is 23.4. The Morgan fingerprint density at radius 2 is 1.89 bits per heavy atom. The summed E-state index contributed by atoms with van der Waals surface area (Å²) in [6.45, 7) is 10.7. The van der Waals surface area contributed by atoms with Crippen LogP contribution >= 0.6 is 0 Å². The van der Waals surface area contributed by atoms with Crippen molar-refractivity contribution in [3.8, 4) is 0 Å². The van der Waals surface area contributed by atoms with E-state index in [4.69, 9.17) is 9.16 Å². The number of ketones is 1. The highest BCUT2D eigenvalue weighted by Gasteiger charge is 2.47. The fourth-order valence-electron chi connectivity index (χ4n) is 1.91. The van der Waals surface area contributed by atoms with E-state index < -0.39 is 20.2 Å². The largest absolute Gasteiger partial charge is 0.468 e. The number of rotatable bonds is 3. The molecule has 1 fully saturated rings. The normalized spacial score (nSPS) is 25.3. The fourth-order valence-corrected chi connectivity index (χ4v) is 3.27. The van der Waals surface area contributed by atoms with E-state index in [1.165, 1.54) is 7.11 Å². The van der Waals surface area contributed by atoms with Crippen LogP contribution < -0.4 is 0 Å². The van der Waals surface area contributed by atoms with Crippen molar-refractivity contribution in [3.63, 3.8) is 0 Å². The van der Waals surface area contributed by atoms with Gasteiger partial charge in [-0.25, -0.2) is 0 Å². The molecule has 0 amide bonds. The highest BCUT2D eigenvalue weighted by Crippen LogP contribution is 2.40. The molecule has 5 heteroatoms. The van der Waals surface area contributed by atoms with Crippen LogP contribution in [0.4, 0.5) is 0 Å². The third-order valence-electron chi connectivity index (χ3n) is 4.10. The molecule has 0 saturated heterocycles. The minimum atomic E-state index is -1.96. The summed E-state index contributed by atoms with van der Waals surface area (Å²) in [7, 11) is -0.643. The Kier molecular flexibility index (Phi) is 4.38. The number of esters is 1. The molecule has 0 aliphatic heterocycles. The fraction of sp³-hybridized carbons (Fsp3) is 0.846. The van der Waals surface area contributed by atoms with Gasteiger partial charge >= 0.3 is 5.97 Å². The lowest BCUT2D eigenvalue weighted by molar-refractivity contribution is -0.151. The highest BCUT2D eigenvalue weighted by atomic mass is 28.4. The number of methoxy groups -OCH3 is 1. The summed E-state index contributed by atoms with van der Waals surface area (Å²) in [6, 6.07) is 0. The Morgan fingerprint density at radius 3 is 2.33 bits per heavy atom. The summed E-state index contributed by atoms with van der Waals surface area (Å²) in [6.07, 6.45) is 0.746. The van der Waals surface area contributed by atoms with Gasteiger partial charge in [-0.3, -0.25) is 9.59 Å². The minimum absolute atomic E-state index is 0.0504. The Labute approximate surface area is 110 Å². The van der Waals surface area contributed by atoms with Crippen LogP contribution in [0.1, 0.15) is 33.6 Å². The zero-order chi connectivity index (χ0) is 14.1. The van der Waals surface area contributed by atoms with Crippen molar-refractivity contribution in [1.82, 2.24) is 0 Å². The molecular weight excluding hydrogens is 248 g/mol. The second-order valence-corrected chi connectivity index (χ2v) is 11.2. The summed E-state index contributed by atoms with van der Waals surface area (Å²) in [5.74, 6) is -1.23. The molecule has 2 atom stereocenters. The summed E-state index contributed by atoms with van der Waals surface area (Å²) in [5, 5.41) is 0.0688. The maximum Gasteiger partial charge on any atom is 0.318 e. The molecule has 1 rings (SSSR count). The molecule has 104 valence electrons. The number of ether oxygens (including phenoxy) is 1. The van der Waals surface area contributed by atoms with Gasteiger partial charge < -0.3 is 9.16 Å². The molecule has 0 aromatic carbocycles. The van der Waals surface area contributed by atoms with E-state index in [0.717, 1.165) is 0 Å². The quantitative estimate of drug-likeness (QED) is 0.450. The van der Waals surface area contributed by atoms with Crippen LogP contribution in [0.5, 0.6) is 0 Å². The monoisotopic (exact) mass is 272 g/mol. The molecule has 1 saturated carbocycles. The molecular formula is C13H24O4Si. The van der Waals surface area contributed by atoms with Crippen LogP contribution in [-0.2, 0) is 18.8 Å². The lowest BCUT2D eigenvalue weighted by Gasteiger charge is -2.39. The zero-order valence-corrected chi connectivity index (χ0v) is 13.2. The van der Waals surface area contributed by atoms with Crippen molar-refractivity contribution in [1.29, 1.82) is 0 Å². The molecule has 18 heavy (non-hydrogen) atoms. The second kappa shape index (κ2) is 5.13. The van der Waals surface area contributed by atoms with Gasteiger partial charge in [0.15, 0.2) is 8.32 Å². The Bertz CT molecular complexity index is 343. The first-order chi connectivity index (χ1) is 8.10. The number of hydrogen-bond donors (Lipinski definition) is 0. The van der Waals surface area contributed by atoms with Crippen LogP contribution in [0.15, 0.2) is 0 Å². The molecule has 1 aliphatic rings. The van der Waals surface area contributed by atoms with Gasteiger partial charge in [-0.05, 0) is 24.6 Å².